The van der Waals surface area contributed by atoms with E-state index in [9.17, 15) is 13.2 Å². The minimum Gasteiger partial charge on any atom is -0.468 e. The van der Waals surface area contributed by atoms with Gasteiger partial charge in [-0.05, 0) is 51.9 Å². The zero-order valence-electron chi connectivity index (χ0n) is 15.8. The molecule has 1 amide bonds. The number of hydrogen-bond donors (Lipinski definition) is 1. The molecule has 1 aliphatic heterocycles. The van der Waals surface area contributed by atoms with Crippen molar-refractivity contribution in [2.24, 2.45) is 0 Å². The Labute approximate surface area is 156 Å². The lowest BCUT2D eigenvalue weighted by Crippen LogP contribution is -2.37. The molecule has 1 fully saturated rings. The highest BCUT2D eigenvalue weighted by Gasteiger charge is 2.23. The summed E-state index contributed by atoms with van der Waals surface area (Å²) in [5, 5.41) is 2.91. The van der Waals surface area contributed by atoms with Gasteiger partial charge < -0.3 is 9.73 Å². The predicted octanol–water partition coefficient (Wildman–Crippen LogP) is 1.98. The van der Waals surface area contributed by atoms with E-state index < -0.39 is 10.0 Å². The lowest BCUT2D eigenvalue weighted by molar-refractivity contribution is -0.121. The van der Waals surface area contributed by atoms with Crippen molar-refractivity contribution in [2.45, 2.75) is 44.6 Å². The summed E-state index contributed by atoms with van der Waals surface area (Å²) in [5.41, 5.74) is 0. The van der Waals surface area contributed by atoms with E-state index in [1.54, 1.807) is 10.6 Å². The van der Waals surface area contributed by atoms with Gasteiger partial charge in [-0.1, -0.05) is 6.42 Å². The fourth-order valence-electron chi connectivity index (χ4n) is 3.16. The minimum atomic E-state index is -3.17. The molecule has 1 aliphatic rings. The second kappa shape index (κ2) is 10.1. The molecule has 1 unspecified atom stereocenters. The van der Waals surface area contributed by atoms with Crippen molar-refractivity contribution in [3.05, 3.63) is 24.2 Å². The Balaban J connectivity index is 1.67. The van der Waals surface area contributed by atoms with Crippen LogP contribution in [0.3, 0.4) is 0 Å². The average Bonchev–Trinajstić information content (AvgIpc) is 3.14. The van der Waals surface area contributed by atoms with Crippen molar-refractivity contribution in [3.8, 4) is 0 Å². The first-order valence-corrected chi connectivity index (χ1v) is 11.0. The van der Waals surface area contributed by atoms with Crippen LogP contribution in [0.25, 0.3) is 0 Å². The van der Waals surface area contributed by atoms with Crippen molar-refractivity contribution >= 4 is 15.9 Å². The predicted molar refractivity (Wildman–Crippen MR) is 101 cm³/mol. The van der Waals surface area contributed by atoms with Crippen LogP contribution >= 0.6 is 0 Å². The maximum absolute atomic E-state index is 12.3. The number of sulfonamides is 1. The van der Waals surface area contributed by atoms with Crippen molar-refractivity contribution in [2.75, 3.05) is 39.5 Å². The van der Waals surface area contributed by atoms with E-state index in [0.717, 1.165) is 25.0 Å². The molecule has 1 saturated heterocycles. The number of nitrogens with zero attached hydrogens (tertiary/aromatic N) is 2. The van der Waals surface area contributed by atoms with E-state index in [4.69, 9.17) is 4.42 Å². The van der Waals surface area contributed by atoms with Gasteiger partial charge in [-0.3, -0.25) is 9.69 Å². The van der Waals surface area contributed by atoms with E-state index in [1.165, 1.54) is 0 Å². The third-order valence-electron chi connectivity index (χ3n) is 4.75. The summed E-state index contributed by atoms with van der Waals surface area (Å²) in [6.07, 6.45) is 6.06. The van der Waals surface area contributed by atoms with Gasteiger partial charge in [0, 0.05) is 26.1 Å². The zero-order chi connectivity index (χ0) is 19.0. The lowest BCUT2D eigenvalue weighted by Gasteiger charge is -2.25. The molecular weight excluding hydrogens is 354 g/mol. The van der Waals surface area contributed by atoms with Crippen LogP contribution in [0, 0.1) is 0 Å². The lowest BCUT2D eigenvalue weighted by atomic mass is 10.2. The van der Waals surface area contributed by atoms with Gasteiger partial charge in [0.2, 0.25) is 15.9 Å². The van der Waals surface area contributed by atoms with Crippen LogP contribution in [0.2, 0.25) is 0 Å². The number of rotatable bonds is 10. The molecule has 1 aromatic heterocycles. The standard InChI is InChI=1S/C18H31N3O4S/c1-20(2)16(17-9-8-13-25-17)15-19-18(22)10-4-7-14-26(23,24)21-11-5-3-6-12-21/h8-9,13,16H,3-7,10-12,14-15H2,1-2H3,(H,19,22). The number of carbonyl (C=O) groups is 1. The van der Waals surface area contributed by atoms with Gasteiger partial charge >= 0.3 is 0 Å². The molecule has 148 valence electrons. The average molecular weight is 386 g/mol. The van der Waals surface area contributed by atoms with Gasteiger partial charge in [0.15, 0.2) is 0 Å². The summed E-state index contributed by atoms with van der Waals surface area (Å²) in [6.45, 7) is 1.74. The van der Waals surface area contributed by atoms with E-state index >= 15 is 0 Å². The Kier molecular flexibility index (Phi) is 8.12. The summed E-state index contributed by atoms with van der Waals surface area (Å²) < 4.78 is 31.5. The quantitative estimate of drug-likeness (QED) is 0.623. The molecule has 26 heavy (non-hydrogen) atoms. The van der Waals surface area contributed by atoms with Gasteiger partial charge in [0.25, 0.3) is 0 Å². The number of amides is 1. The Hall–Kier alpha value is -1.38. The monoisotopic (exact) mass is 385 g/mol. The molecule has 7 nitrogen and oxygen atoms in total. The molecule has 1 N–H and O–H groups in total. The third kappa shape index (κ3) is 6.41. The van der Waals surface area contributed by atoms with Crippen molar-refractivity contribution in [3.63, 3.8) is 0 Å². The van der Waals surface area contributed by atoms with E-state index in [1.807, 2.05) is 31.1 Å². The van der Waals surface area contributed by atoms with Crippen LogP contribution in [0.15, 0.2) is 22.8 Å². The highest BCUT2D eigenvalue weighted by atomic mass is 32.2. The minimum absolute atomic E-state index is 0.0200. The first-order valence-electron chi connectivity index (χ1n) is 9.34. The van der Waals surface area contributed by atoms with Crippen LogP contribution < -0.4 is 5.32 Å². The van der Waals surface area contributed by atoms with Crippen molar-refractivity contribution in [1.82, 2.24) is 14.5 Å². The fourth-order valence-corrected chi connectivity index (χ4v) is 4.80. The summed E-state index contributed by atoms with van der Waals surface area (Å²) in [6, 6.07) is 3.70. The van der Waals surface area contributed by atoms with Crippen LogP contribution in [-0.2, 0) is 14.8 Å². The number of hydrogen-bond acceptors (Lipinski definition) is 5. The molecule has 2 rings (SSSR count). The van der Waals surface area contributed by atoms with Crippen molar-refractivity contribution < 1.29 is 17.6 Å². The number of nitrogens with one attached hydrogen (secondary N) is 1. The fraction of sp³-hybridized carbons (Fsp3) is 0.722. The van der Waals surface area contributed by atoms with Crippen LogP contribution in [0.1, 0.15) is 50.3 Å². The molecule has 0 radical (unpaired) electrons. The second-order valence-corrected chi connectivity index (χ2v) is 9.12. The molecule has 0 spiro atoms. The topological polar surface area (TPSA) is 82.9 Å². The Morgan fingerprint density at radius 2 is 2.00 bits per heavy atom. The number of piperidine rings is 1. The highest BCUT2D eigenvalue weighted by Crippen LogP contribution is 2.18. The second-order valence-electron chi connectivity index (χ2n) is 7.03. The van der Waals surface area contributed by atoms with Gasteiger partial charge in [0.05, 0.1) is 18.1 Å². The largest absolute Gasteiger partial charge is 0.468 e. The van der Waals surface area contributed by atoms with Gasteiger partial charge in [-0.25, -0.2) is 12.7 Å². The molecule has 0 saturated carbocycles. The smallest absolute Gasteiger partial charge is 0.220 e. The highest BCUT2D eigenvalue weighted by molar-refractivity contribution is 7.89. The summed E-state index contributed by atoms with van der Waals surface area (Å²) in [4.78, 5) is 14.0. The summed E-state index contributed by atoms with van der Waals surface area (Å²) >= 11 is 0. The maximum atomic E-state index is 12.3. The first-order chi connectivity index (χ1) is 12.4. The van der Waals surface area contributed by atoms with Crippen LogP contribution in [0.5, 0.6) is 0 Å². The number of furan rings is 1. The third-order valence-corrected chi connectivity index (χ3v) is 6.71. The molecular formula is C18H31N3O4S. The normalized spacial score (nSPS) is 17.3. The van der Waals surface area contributed by atoms with Crippen molar-refractivity contribution in [1.29, 1.82) is 0 Å². The molecule has 0 aromatic carbocycles. The van der Waals surface area contributed by atoms with Gasteiger partial charge in [0.1, 0.15) is 5.76 Å². The molecule has 8 heteroatoms. The first kappa shape index (κ1) is 20.9. The summed E-state index contributed by atoms with van der Waals surface area (Å²) in [7, 11) is 0.705. The van der Waals surface area contributed by atoms with Crippen LogP contribution in [0.4, 0.5) is 0 Å². The number of carbonyl (C=O) groups excluding carboxylic acids is 1. The Morgan fingerprint density at radius 3 is 2.62 bits per heavy atom. The van der Waals surface area contributed by atoms with E-state index in [-0.39, 0.29) is 17.7 Å². The van der Waals surface area contributed by atoms with Gasteiger partial charge in [-0.15, -0.1) is 0 Å². The Morgan fingerprint density at radius 1 is 1.27 bits per heavy atom. The number of likely N-dealkylation sites (N-methyl/N-ethyl adjacent to an activating group) is 1. The maximum Gasteiger partial charge on any atom is 0.220 e. The van der Waals surface area contributed by atoms with E-state index in [0.29, 0.717) is 38.9 Å². The number of unbranched alkanes of at least 4 members (excludes halogenated alkanes) is 1. The molecule has 1 atom stereocenters. The molecule has 0 bridgehead atoms. The van der Waals surface area contributed by atoms with Gasteiger partial charge in [-0.2, -0.15) is 0 Å². The van der Waals surface area contributed by atoms with E-state index in [2.05, 4.69) is 5.32 Å². The zero-order valence-corrected chi connectivity index (χ0v) is 16.6. The Bertz CT molecular complexity index is 637. The summed E-state index contributed by atoms with van der Waals surface area (Å²) in [5.74, 6) is 0.884. The molecule has 1 aromatic rings. The van der Waals surface area contributed by atoms with Crippen LogP contribution in [-0.4, -0.2) is 63.0 Å². The molecule has 2 heterocycles. The SMILES string of the molecule is CN(C)C(CNC(=O)CCCCS(=O)(=O)N1CCCCC1)c1ccco1. The molecule has 0 aliphatic carbocycles.